The minimum absolute atomic E-state index is 1.18. The van der Waals surface area contributed by atoms with Crippen LogP contribution in [0.15, 0.2) is 21.9 Å². The summed E-state index contributed by atoms with van der Waals surface area (Å²) >= 11 is 2.17. The molecule has 1 nitrogen and oxygen atoms in total. The van der Waals surface area contributed by atoms with Gasteiger partial charge in [-0.05, 0) is 28.9 Å². The van der Waals surface area contributed by atoms with Crippen molar-refractivity contribution in [1.82, 2.24) is 0 Å². The van der Waals surface area contributed by atoms with E-state index in [9.17, 15) is 0 Å². The fourth-order valence-corrected chi connectivity index (χ4v) is 0.396. The molecule has 0 saturated carbocycles. The predicted molar refractivity (Wildman–Crippen MR) is 41.1 cm³/mol. The van der Waals surface area contributed by atoms with Gasteiger partial charge in [0.15, 0.2) is 0 Å². The lowest BCUT2D eigenvalue weighted by Crippen LogP contribution is -1.75. The molecular weight excluding hydrogens is 201 g/mol. The highest BCUT2D eigenvalue weighted by molar-refractivity contribution is 14.1. The second kappa shape index (κ2) is 4.18. The molecule has 40 valence electrons. The molecule has 0 fully saturated rings. The van der Waals surface area contributed by atoms with Crippen molar-refractivity contribution in [3.63, 3.8) is 0 Å². The maximum atomic E-state index is 5.08. The first-order valence-electron chi connectivity index (χ1n) is 1.96. The van der Waals surface area contributed by atoms with Gasteiger partial charge in [-0.3, -0.25) is 0 Å². The lowest BCUT2D eigenvalue weighted by Gasteiger charge is -1.80. The van der Waals surface area contributed by atoms with Gasteiger partial charge in [0.25, 0.3) is 0 Å². The molecule has 0 heterocycles. The van der Waals surface area contributed by atoms with Crippen LogP contribution >= 0.6 is 22.6 Å². The highest BCUT2D eigenvalue weighted by atomic mass is 127. The monoisotopic (exact) mass is 209 g/mol. The van der Waals surface area contributed by atoms with E-state index in [1.54, 1.807) is 0 Å². The molecule has 0 unspecified atom stereocenters. The normalized spacial score (nSPS) is 13.1. The first-order chi connectivity index (χ1) is 3.31. The molecule has 0 aromatic carbocycles. The molecule has 0 aliphatic rings. The summed E-state index contributed by atoms with van der Waals surface area (Å²) in [7, 11) is 0. The molecule has 7 heavy (non-hydrogen) atoms. The first-order valence-corrected chi connectivity index (χ1v) is 3.21. The Hall–Kier alpha value is 0.01000. The van der Waals surface area contributed by atoms with Crippen LogP contribution in [0.4, 0.5) is 0 Å². The fourth-order valence-electron chi connectivity index (χ4n) is 0.188. The molecule has 0 saturated heterocycles. The SMILES string of the molecule is CC(/C=C\N)=C/I. The van der Waals surface area contributed by atoms with Crippen LogP contribution in [0.2, 0.25) is 0 Å². The van der Waals surface area contributed by atoms with Crippen LogP contribution in [0, 0.1) is 0 Å². The molecule has 0 bridgehead atoms. The van der Waals surface area contributed by atoms with E-state index in [0.717, 1.165) is 0 Å². The van der Waals surface area contributed by atoms with E-state index in [1.807, 2.05) is 17.1 Å². The maximum Gasteiger partial charge on any atom is -0.00596 e. The van der Waals surface area contributed by atoms with Crippen molar-refractivity contribution in [1.29, 1.82) is 0 Å². The number of allylic oxidation sites excluding steroid dienone is 2. The molecule has 0 radical (unpaired) electrons. The van der Waals surface area contributed by atoms with Crippen LogP contribution in [0.1, 0.15) is 6.92 Å². The van der Waals surface area contributed by atoms with Gasteiger partial charge in [-0.25, -0.2) is 0 Å². The van der Waals surface area contributed by atoms with Crippen molar-refractivity contribution in [3.05, 3.63) is 21.9 Å². The van der Waals surface area contributed by atoms with Crippen LogP contribution in [0.25, 0.3) is 0 Å². The van der Waals surface area contributed by atoms with Crippen molar-refractivity contribution in [2.24, 2.45) is 5.73 Å². The van der Waals surface area contributed by atoms with Crippen molar-refractivity contribution in [2.75, 3.05) is 0 Å². The average Bonchev–Trinajstić information content (AvgIpc) is 1.68. The Morgan fingerprint density at radius 3 is 2.43 bits per heavy atom. The van der Waals surface area contributed by atoms with E-state index in [1.165, 1.54) is 11.8 Å². The highest BCUT2D eigenvalue weighted by Crippen LogP contribution is 1.96. The Morgan fingerprint density at radius 2 is 2.29 bits per heavy atom. The zero-order valence-corrected chi connectivity index (χ0v) is 6.34. The highest BCUT2D eigenvalue weighted by Gasteiger charge is 1.71. The molecular formula is C5H8IN. The molecule has 2 heteroatoms. The van der Waals surface area contributed by atoms with Gasteiger partial charge < -0.3 is 5.73 Å². The third-order valence-corrected chi connectivity index (χ3v) is 1.51. The molecule has 0 spiro atoms. The average molecular weight is 209 g/mol. The summed E-state index contributed by atoms with van der Waals surface area (Å²) in [6.45, 7) is 2.00. The first kappa shape index (κ1) is 7.01. The number of hydrogen-bond donors (Lipinski definition) is 1. The van der Waals surface area contributed by atoms with Gasteiger partial charge in [0.1, 0.15) is 0 Å². The molecule has 0 amide bonds. The van der Waals surface area contributed by atoms with Gasteiger partial charge in [-0.15, -0.1) is 0 Å². The van der Waals surface area contributed by atoms with Gasteiger partial charge in [0, 0.05) is 0 Å². The molecule has 0 aromatic rings. The molecule has 0 aliphatic heterocycles. The van der Waals surface area contributed by atoms with E-state index in [-0.39, 0.29) is 0 Å². The lowest BCUT2D eigenvalue weighted by atomic mass is 10.3. The lowest BCUT2D eigenvalue weighted by molar-refractivity contribution is 1.50. The van der Waals surface area contributed by atoms with Gasteiger partial charge in [0.05, 0.1) is 0 Å². The summed E-state index contributed by atoms with van der Waals surface area (Å²) < 4.78 is 1.97. The largest absolute Gasteiger partial charge is 0.405 e. The minimum atomic E-state index is 1.18. The molecule has 0 rings (SSSR count). The number of hydrogen-bond acceptors (Lipinski definition) is 1. The van der Waals surface area contributed by atoms with Gasteiger partial charge in [-0.2, -0.15) is 0 Å². The zero-order valence-electron chi connectivity index (χ0n) is 4.19. The summed E-state index contributed by atoms with van der Waals surface area (Å²) in [6, 6.07) is 0. The quantitative estimate of drug-likeness (QED) is 0.517. The molecule has 0 atom stereocenters. The summed E-state index contributed by atoms with van der Waals surface area (Å²) in [4.78, 5) is 0. The Morgan fingerprint density at radius 1 is 1.71 bits per heavy atom. The van der Waals surface area contributed by atoms with Crippen molar-refractivity contribution in [2.45, 2.75) is 6.92 Å². The van der Waals surface area contributed by atoms with Gasteiger partial charge in [-0.1, -0.05) is 22.6 Å². The van der Waals surface area contributed by atoms with E-state index in [4.69, 9.17) is 5.73 Å². The van der Waals surface area contributed by atoms with Crippen molar-refractivity contribution < 1.29 is 0 Å². The Balaban J connectivity index is 3.58. The topological polar surface area (TPSA) is 26.0 Å². The third kappa shape index (κ3) is 3.85. The van der Waals surface area contributed by atoms with E-state index in [2.05, 4.69) is 22.6 Å². The van der Waals surface area contributed by atoms with Gasteiger partial charge >= 0.3 is 0 Å². The summed E-state index contributed by atoms with van der Waals surface area (Å²) in [6.07, 6.45) is 3.39. The smallest absolute Gasteiger partial charge is 0.00596 e. The second-order valence-corrected chi connectivity index (χ2v) is 1.84. The van der Waals surface area contributed by atoms with Gasteiger partial charge in [0.2, 0.25) is 0 Å². The third-order valence-electron chi connectivity index (χ3n) is 0.531. The Kier molecular flexibility index (Phi) is 4.18. The molecule has 0 aliphatic carbocycles. The number of rotatable bonds is 1. The van der Waals surface area contributed by atoms with Crippen LogP contribution in [-0.4, -0.2) is 0 Å². The van der Waals surface area contributed by atoms with E-state index in [0.29, 0.717) is 0 Å². The van der Waals surface area contributed by atoms with Crippen LogP contribution in [0.5, 0.6) is 0 Å². The van der Waals surface area contributed by atoms with E-state index >= 15 is 0 Å². The Bertz CT molecular complexity index is 94.3. The van der Waals surface area contributed by atoms with Crippen molar-refractivity contribution >= 4 is 22.6 Å². The number of halogens is 1. The minimum Gasteiger partial charge on any atom is -0.405 e. The second-order valence-electron chi connectivity index (χ2n) is 1.21. The summed E-state index contributed by atoms with van der Waals surface area (Å²) in [5.41, 5.74) is 6.26. The molecule has 0 aromatic heterocycles. The fraction of sp³-hybridized carbons (Fsp3) is 0.200. The standard InChI is InChI=1S/C5H8IN/c1-5(4-6)2-3-7/h2-4H,7H2,1H3/b3-2-,5-4-. The van der Waals surface area contributed by atoms with Crippen LogP contribution in [-0.2, 0) is 0 Å². The van der Waals surface area contributed by atoms with Crippen LogP contribution in [0.3, 0.4) is 0 Å². The van der Waals surface area contributed by atoms with E-state index < -0.39 is 0 Å². The molecule has 2 N–H and O–H groups in total. The predicted octanol–water partition coefficient (Wildman–Crippen LogP) is 1.80. The zero-order chi connectivity index (χ0) is 5.70. The summed E-state index contributed by atoms with van der Waals surface area (Å²) in [5.74, 6) is 0. The maximum absolute atomic E-state index is 5.08. The Labute approximate surface area is 57.4 Å². The van der Waals surface area contributed by atoms with Crippen molar-refractivity contribution in [3.8, 4) is 0 Å². The van der Waals surface area contributed by atoms with Crippen LogP contribution < -0.4 is 5.73 Å². The summed E-state index contributed by atoms with van der Waals surface area (Å²) in [5, 5.41) is 0. The number of nitrogens with two attached hydrogens (primary N) is 1.